The number of pyridine rings is 1. The molecule has 2 rings (SSSR count). The van der Waals surface area contributed by atoms with Gasteiger partial charge in [-0.3, -0.25) is 4.68 Å². The quantitative estimate of drug-likeness (QED) is 0.693. The largest absolute Gasteiger partial charge is 0.384 e. The summed E-state index contributed by atoms with van der Waals surface area (Å²) in [5.41, 5.74) is 7.39. The van der Waals surface area contributed by atoms with E-state index in [1.165, 1.54) is 0 Å². The molecule has 0 atom stereocenters. The Hall–Kier alpha value is -1.58. The van der Waals surface area contributed by atoms with Crippen LogP contribution < -0.4 is 5.73 Å². The van der Waals surface area contributed by atoms with Gasteiger partial charge in [0, 0.05) is 18.6 Å². The van der Waals surface area contributed by atoms with Gasteiger partial charge in [-0.2, -0.15) is 5.10 Å². The van der Waals surface area contributed by atoms with Crippen LogP contribution in [0.5, 0.6) is 0 Å². The summed E-state index contributed by atoms with van der Waals surface area (Å²) in [7, 11) is 1.88. The number of hydrogen-bond acceptors (Lipinski definition) is 3. The van der Waals surface area contributed by atoms with Crippen LogP contribution in [0.3, 0.4) is 0 Å². The lowest BCUT2D eigenvalue weighted by atomic mass is 10.2. The van der Waals surface area contributed by atoms with Crippen molar-refractivity contribution in [2.45, 2.75) is 20.8 Å². The van der Waals surface area contributed by atoms with E-state index in [0.29, 0.717) is 5.82 Å². The molecule has 4 nitrogen and oxygen atoms in total. The average Bonchev–Trinajstić information content (AvgIpc) is 2.49. The highest BCUT2D eigenvalue weighted by molar-refractivity contribution is 5.82. The van der Waals surface area contributed by atoms with E-state index in [-0.39, 0.29) is 0 Å². The molecule has 0 amide bonds. The maximum absolute atomic E-state index is 5.59. The number of aryl methyl sites for hydroxylation is 2. The van der Waals surface area contributed by atoms with Crippen molar-refractivity contribution in [2.24, 2.45) is 7.05 Å². The second kappa shape index (κ2) is 4.09. The standard InChI is InChI=1S/C8H10N4.C2H6/c1-5-8-6(3-7(9)10-5)4-12(2)11-8;1-2/h3-4H,9H2,1-2H3;1-2H3. The molecule has 2 heterocycles. The molecule has 0 aliphatic heterocycles. The monoisotopic (exact) mass is 192 g/mol. The van der Waals surface area contributed by atoms with Crippen molar-refractivity contribution in [1.82, 2.24) is 14.8 Å². The number of hydrogen-bond donors (Lipinski definition) is 1. The van der Waals surface area contributed by atoms with Gasteiger partial charge in [0.15, 0.2) is 0 Å². The van der Waals surface area contributed by atoms with E-state index >= 15 is 0 Å². The molecule has 14 heavy (non-hydrogen) atoms. The van der Waals surface area contributed by atoms with Gasteiger partial charge in [-0.25, -0.2) is 4.98 Å². The van der Waals surface area contributed by atoms with Crippen LogP contribution in [0, 0.1) is 6.92 Å². The summed E-state index contributed by atoms with van der Waals surface area (Å²) in [6.07, 6.45) is 1.93. The summed E-state index contributed by atoms with van der Waals surface area (Å²) in [6, 6.07) is 1.83. The molecule has 76 valence electrons. The number of anilines is 1. The first-order chi connectivity index (χ1) is 6.66. The van der Waals surface area contributed by atoms with Crippen LogP contribution in [0.1, 0.15) is 19.5 Å². The minimum Gasteiger partial charge on any atom is -0.384 e. The fraction of sp³-hybridized carbons (Fsp3) is 0.400. The van der Waals surface area contributed by atoms with Crippen LogP contribution in [-0.4, -0.2) is 14.8 Å². The summed E-state index contributed by atoms with van der Waals surface area (Å²) >= 11 is 0. The highest BCUT2D eigenvalue weighted by atomic mass is 15.2. The Labute approximate surface area is 83.7 Å². The van der Waals surface area contributed by atoms with Crippen molar-refractivity contribution in [2.75, 3.05) is 5.73 Å². The second-order valence-electron chi connectivity index (χ2n) is 2.87. The number of nitrogen functional groups attached to an aromatic ring is 1. The van der Waals surface area contributed by atoms with Crippen molar-refractivity contribution in [1.29, 1.82) is 0 Å². The number of aromatic nitrogens is 3. The van der Waals surface area contributed by atoms with Crippen molar-refractivity contribution in [3.05, 3.63) is 18.0 Å². The Balaban J connectivity index is 0.000000461. The van der Waals surface area contributed by atoms with E-state index in [9.17, 15) is 0 Å². The molecule has 2 aromatic rings. The van der Waals surface area contributed by atoms with Gasteiger partial charge in [0.05, 0.1) is 5.69 Å². The van der Waals surface area contributed by atoms with Gasteiger partial charge in [0.25, 0.3) is 0 Å². The van der Waals surface area contributed by atoms with Crippen LogP contribution >= 0.6 is 0 Å². The highest BCUT2D eigenvalue weighted by Gasteiger charge is 2.03. The van der Waals surface area contributed by atoms with Crippen LogP contribution in [0.4, 0.5) is 5.82 Å². The summed E-state index contributed by atoms with van der Waals surface area (Å²) in [6.45, 7) is 5.91. The lowest BCUT2D eigenvalue weighted by molar-refractivity contribution is 0.778. The first-order valence-electron chi connectivity index (χ1n) is 4.73. The molecule has 0 fully saturated rings. The number of rotatable bonds is 0. The lowest BCUT2D eigenvalue weighted by Crippen LogP contribution is -1.92. The van der Waals surface area contributed by atoms with E-state index in [0.717, 1.165) is 16.6 Å². The smallest absolute Gasteiger partial charge is 0.124 e. The zero-order valence-electron chi connectivity index (χ0n) is 9.07. The van der Waals surface area contributed by atoms with Gasteiger partial charge >= 0.3 is 0 Å². The third kappa shape index (κ3) is 1.84. The van der Waals surface area contributed by atoms with Gasteiger partial charge in [-0.1, -0.05) is 13.8 Å². The highest BCUT2D eigenvalue weighted by Crippen LogP contribution is 2.16. The maximum atomic E-state index is 5.59. The number of nitrogens with two attached hydrogens (primary N) is 1. The third-order valence-corrected chi connectivity index (χ3v) is 1.80. The molecule has 0 aliphatic carbocycles. The molecule has 0 aliphatic rings. The Kier molecular flexibility index (Phi) is 3.06. The van der Waals surface area contributed by atoms with Gasteiger partial charge < -0.3 is 5.73 Å². The molecule has 4 heteroatoms. The lowest BCUT2D eigenvalue weighted by Gasteiger charge is -1.94. The minimum atomic E-state index is 0.549. The maximum Gasteiger partial charge on any atom is 0.124 e. The van der Waals surface area contributed by atoms with Crippen molar-refractivity contribution < 1.29 is 0 Å². The first-order valence-corrected chi connectivity index (χ1v) is 4.73. The van der Waals surface area contributed by atoms with E-state index in [4.69, 9.17) is 5.73 Å². The fourth-order valence-corrected chi connectivity index (χ4v) is 1.33. The molecule has 0 aromatic carbocycles. The van der Waals surface area contributed by atoms with Crippen molar-refractivity contribution in [3.8, 4) is 0 Å². The van der Waals surface area contributed by atoms with E-state index in [1.54, 1.807) is 4.68 Å². The number of nitrogens with zero attached hydrogens (tertiary/aromatic N) is 3. The minimum absolute atomic E-state index is 0.549. The number of fused-ring (bicyclic) bond motifs is 1. The Bertz CT molecular complexity index is 431. The van der Waals surface area contributed by atoms with Crippen molar-refractivity contribution >= 4 is 16.7 Å². The second-order valence-corrected chi connectivity index (χ2v) is 2.87. The van der Waals surface area contributed by atoms with E-state index < -0.39 is 0 Å². The summed E-state index contributed by atoms with van der Waals surface area (Å²) in [4.78, 5) is 4.12. The topological polar surface area (TPSA) is 56.7 Å². The first kappa shape index (κ1) is 10.5. The predicted octanol–water partition coefficient (Wildman–Crippen LogP) is 1.89. The molecule has 0 radical (unpaired) electrons. The Morgan fingerprint density at radius 3 is 2.64 bits per heavy atom. The zero-order valence-corrected chi connectivity index (χ0v) is 9.07. The van der Waals surface area contributed by atoms with E-state index in [2.05, 4.69) is 10.1 Å². The van der Waals surface area contributed by atoms with Gasteiger partial charge in [-0.05, 0) is 13.0 Å². The van der Waals surface area contributed by atoms with Gasteiger partial charge in [-0.15, -0.1) is 0 Å². The predicted molar refractivity (Wildman–Crippen MR) is 59.0 cm³/mol. The average molecular weight is 192 g/mol. The zero-order chi connectivity index (χ0) is 10.7. The molecule has 2 aromatic heterocycles. The molecule has 0 unspecified atom stereocenters. The Morgan fingerprint density at radius 1 is 1.36 bits per heavy atom. The van der Waals surface area contributed by atoms with E-state index in [1.807, 2.05) is 40.1 Å². The summed E-state index contributed by atoms with van der Waals surface area (Å²) in [5, 5.41) is 5.30. The normalized spacial score (nSPS) is 9.71. The molecule has 2 N–H and O–H groups in total. The molecule has 0 saturated carbocycles. The Morgan fingerprint density at radius 2 is 2.00 bits per heavy atom. The van der Waals surface area contributed by atoms with Crippen LogP contribution in [0.15, 0.2) is 12.3 Å². The molecule has 0 bridgehead atoms. The molecule has 0 saturated heterocycles. The van der Waals surface area contributed by atoms with Crippen LogP contribution in [-0.2, 0) is 7.05 Å². The van der Waals surface area contributed by atoms with Crippen LogP contribution in [0.2, 0.25) is 0 Å². The van der Waals surface area contributed by atoms with Gasteiger partial charge in [0.2, 0.25) is 0 Å². The van der Waals surface area contributed by atoms with Crippen LogP contribution in [0.25, 0.3) is 10.9 Å². The molecular weight excluding hydrogens is 176 g/mol. The third-order valence-electron chi connectivity index (χ3n) is 1.80. The summed E-state index contributed by atoms with van der Waals surface area (Å²) < 4.78 is 1.76. The SMILES string of the molecule is CC.Cc1nc(N)cc2cn(C)nc12. The van der Waals surface area contributed by atoms with Crippen molar-refractivity contribution in [3.63, 3.8) is 0 Å². The fourth-order valence-electron chi connectivity index (χ4n) is 1.33. The molecule has 0 spiro atoms. The summed E-state index contributed by atoms with van der Waals surface area (Å²) in [5.74, 6) is 0.549. The van der Waals surface area contributed by atoms with Gasteiger partial charge in [0.1, 0.15) is 11.3 Å². The molecular formula is C10H16N4.